The monoisotopic (exact) mass is 433 g/mol. The van der Waals surface area contributed by atoms with Gasteiger partial charge in [0.25, 0.3) is 5.91 Å². The lowest BCUT2D eigenvalue weighted by molar-refractivity contribution is 0.0953. The molecule has 0 aliphatic carbocycles. The van der Waals surface area contributed by atoms with E-state index in [2.05, 4.69) is 25.5 Å². The van der Waals surface area contributed by atoms with Crippen LogP contribution in [0.1, 0.15) is 42.4 Å². The average Bonchev–Trinajstić information content (AvgIpc) is 2.82. The third-order valence-electron chi connectivity index (χ3n) is 5.64. The van der Waals surface area contributed by atoms with Crippen molar-refractivity contribution in [3.05, 3.63) is 53.9 Å². The van der Waals surface area contributed by atoms with E-state index in [4.69, 9.17) is 4.74 Å². The van der Waals surface area contributed by atoms with E-state index in [0.717, 1.165) is 41.3 Å². The van der Waals surface area contributed by atoms with E-state index in [1.807, 2.05) is 56.3 Å². The quantitative estimate of drug-likeness (QED) is 0.519. The molecule has 32 heavy (non-hydrogen) atoms. The SMILES string of the molecule is CCOc1ccc2ccccc2c1C(=O)NCCNc1cc(N2CCCCC2)nc(C)n1. The summed E-state index contributed by atoms with van der Waals surface area (Å²) in [6, 6.07) is 13.7. The fourth-order valence-corrected chi connectivity index (χ4v) is 4.14. The van der Waals surface area contributed by atoms with E-state index in [0.29, 0.717) is 31.0 Å². The summed E-state index contributed by atoms with van der Waals surface area (Å²) < 4.78 is 5.73. The number of anilines is 2. The number of hydrogen-bond donors (Lipinski definition) is 2. The van der Waals surface area contributed by atoms with Gasteiger partial charge in [0.2, 0.25) is 0 Å². The van der Waals surface area contributed by atoms with Crippen LogP contribution in [0.3, 0.4) is 0 Å². The third kappa shape index (κ3) is 5.10. The number of nitrogens with zero attached hydrogens (tertiary/aromatic N) is 3. The molecule has 2 N–H and O–H groups in total. The summed E-state index contributed by atoms with van der Waals surface area (Å²) >= 11 is 0. The second-order valence-electron chi connectivity index (χ2n) is 7.98. The molecular formula is C25H31N5O2. The Morgan fingerprint density at radius 3 is 2.69 bits per heavy atom. The maximum absolute atomic E-state index is 13.0. The van der Waals surface area contributed by atoms with Gasteiger partial charge >= 0.3 is 0 Å². The van der Waals surface area contributed by atoms with Crippen LogP contribution in [-0.2, 0) is 0 Å². The first kappa shape index (κ1) is 21.9. The minimum atomic E-state index is -0.139. The Bertz CT molecular complexity index is 1080. The first-order valence-electron chi connectivity index (χ1n) is 11.4. The lowest BCUT2D eigenvalue weighted by Crippen LogP contribution is -2.31. The number of rotatable bonds is 8. The minimum absolute atomic E-state index is 0.139. The lowest BCUT2D eigenvalue weighted by atomic mass is 10.0. The highest BCUT2D eigenvalue weighted by Crippen LogP contribution is 2.28. The molecule has 0 spiro atoms. The molecule has 2 aromatic carbocycles. The average molecular weight is 434 g/mol. The number of carbonyl (C=O) groups excluding carboxylic acids is 1. The molecular weight excluding hydrogens is 402 g/mol. The molecule has 7 heteroatoms. The minimum Gasteiger partial charge on any atom is -0.493 e. The molecule has 4 rings (SSSR count). The topological polar surface area (TPSA) is 79.4 Å². The van der Waals surface area contributed by atoms with Crippen LogP contribution < -0.4 is 20.3 Å². The fourth-order valence-electron chi connectivity index (χ4n) is 4.14. The zero-order chi connectivity index (χ0) is 22.3. The summed E-state index contributed by atoms with van der Waals surface area (Å²) in [4.78, 5) is 24.5. The molecule has 0 unspecified atom stereocenters. The molecule has 0 bridgehead atoms. The van der Waals surface area contributed by atoms with Crippen LogP contribution in [0.2, 0.25) is 0 Å². The van der Waals surface area contributed by atoms with E-state index in [9.17, 15) is 4.79 Å². The van der Waals surface area contributed by atoms with Crippen molar-refractivity contribution < 1.29 is 9.53 Å². The Kier molecular flexibility index (Phi) is 7.04. The number of benzene rings is 2. The van der Waals surface area contributed by atoms with Gasteiger partial charge in [0, 0.05) is 32.2 Å². The number of ether oxygens (including phenoxy) is 1. The van der Waals surface area contributed by atoms with E-state index < -0.39 is 0 Å². The zero-order valence-electron chi connectivity index (χ0n) is 18.9. The Morgan fingerprint density at radius 2 is 1.88 bits per heavy atom. The van der Waals surface area contributed by atoms with Crippen molar-refractivity contribution in [1.29, 1.82) is 0 Å². The molecule has 1 aliphatic heterocycles. The van der Waals surface area contributed by atoms with Crippen molar-refractivity contribution >= 4 is 28.3 Å². The molecule has 7 nitrogen and oxygen atoms in total. The van der Waals surface area contributed by atoms with Gasteiger partial charge in [-0.3, -0.25) is 4.79 Å². The van der Waals surface area contributed by atoms with Crippen molar-refractivity contribution in [2.45, 2.75) is 33.1 Å². The fraction of sp³-hybridized carbons (Fsp3) is 0.400. The molecule has 0 saturated carbocycles. The Morgan fingerprint density at radius 1 is 1.06 bits per heavy atom. The number of hydrogen-bond acceptors (Lipinski definition) is 6. The molecule has 1 fully saturated rings. The van der Waals surface area contributed by atoms with Crippen molar-refractivity contribution in [3.8, 4) is 5.75 Å². The summed E-state index contributed by atoms with van der Waals surface area (Å²) in [6.45, 7) is 7.45. The summed E-state index contributed by atoms with van der Waals surface area (Å²) in [5.41, 5.74) is 0.579. The third-order valence-corrected chi connectivity index (χ3v) is 5.64. The Balaban J connectivity index is 1.40. The Labute approximate surface area is 189 Å². The van der Waals surface area contributed by atoms with Crippen molar-refractivity contribution in [1.82, 2.24) is 15.3 Å². The van der Waals surface area contributed by atoms with Crippen molar-refractivity contribution in [2.24, 2.45) is 0 Å². The number of amides is 1. The van der Waals surface area contributed by atoms with Crippen LogP contribution in [0.15, 0.2) is 42.5 Å². The molecule has 1 aliphatic rings. The number of nitrogens with one attached hydrogen (secondary N) is 2. The van der Waals surface area contributed by atoms with Gasteiger partial charge in [0.05, 0.1) is 12.2 Å². The van der Waals surface area contributed by atoms with Gasteiger partial charge < -0.3 is 20.3 Å². The van der Waals surface area contributed by atoms with Gasteiger partial charge in [0.15, 0.2) is 0 Å². The van der Waals surface area contributed by atoms with Crippen LogP contribution in [0.4, 0.5) is 11.6 Å². The van der Waals surface area contributed by atoms with Gasteiger partial charge in [-0.2, -0.15) is 0 Å². The van der Waals surface area contributed by atoms with Crippen LogP contribution >= 0.6 is 0 Å². The number of fused-ring (bicyclic) bond motifs is 1. The van der Waals surface area contributed by atoms with E-state index in [-0.39, 0.29) is 5.91 Å². The summed E-state index contributed by atoms with van der Waals surface area (Å²) in [7, 11) is 0. The summed E-state index contributed by atoms with van der Waals surface area (Å²) in [5.74, 6) is 2.97. The van der Waals surface area contributed by atoms with Crippen molar-refractivity contribution in [3.63, 3.8) is 0 Å². The van der Waals surface area contributed by atoms with Gasteiger partial charge in [-0.05, 0) is 49.9 Å². The van der Waals surface area contributed by atoms with Crippen LogP contribution in [0, 0.1) is 6.92 Å². The largest absolute Gasteiger partial charge is 0.493 e. The standard InChI is InChI=1S/C25H31N5O2/c1-3-32-21-12-11-19-9-5-6-10-20(19)24(21)25(31)27-14-13-26-22-17-23(29-18(2)28-22)30-15-7-4-8-16-30/h5-6,9-12,17H,3-4,7-8,13-16H2,1-2H3,(H,27,31)(H,26,28,29). The molecule has 168 valence electrons. The highest BCUT2D eigenvalue weighted by Gasteiger charge is 2.17. The highest BCUT2D eigenvalue weighted by atomic mass is 16.5. The number of aromatic nitrogens is 2. The number of aryl methyl sites for hydroxylation is 1. The van der Waals surface area contributed by atoms with Crippen LogP contribution in [0.25, 0.3) is 10.8 Å². The first-order chi connectivity index (χ1) is 15.7. The molecule has 1 amide bonds. The zero-order valence-corrected chi connectivity index (χ0v) is 18.9. The van der Waals surface area contributed by atoms with E-state index in [1.165, 1.54) is 19.3 Å². The van der Waals surface area contributed by atoms with Gasteiger partial charge in [-0.25, -0.2) is 9.97 Å². The van der Waals surface area contributed by atoms with Crippen LogP contribution in [-0.4, -0.2) is 48.7 Å². The van der Waals surface area contributed by atoms with Crippen LogP contribution in [0.5, 0.6) is 5.75 Å². The maximum Gasteiger partial charge on any atom is 0.255 e. The molecule has 3 aromatic rings. The predicted octanol–water partition coefficient (Wildman–Crippen LogP) is 4.17. The van der Waals surface area contributed by atoms with E-state index >= 15 is 0 Å². The summed E-state index contributed by atoms with van der Waals surface area (Å²) in [6.07, 6.45) is 3.69. The Hall–Kier alpha value is -3.35. The molecule has 2 heterocycles. The van der Waals surface area contributed by atoms with E-state index in [1.54, 1.807) is 0 Å². The first-order valence-corrected chi connectivity index (χ1v) is 11.4. The lowest BCUT2D eigenvalue weighted by Gasteiger charge is -2.28. The van der Waals surface area contributed by atoms with Gasteiger partial charge in [-0.1, -0.05) is 30.3 Å². The van der Waals surface area contributed by atoms with Gasteiger partial charge in [0.1, 0.15) is 23.2 Å². The second-order valence-corrected chi connectivity index (χ2v) is 7.98. The molecule has 1 aromatic heterocycles. The molecule has 0 radical (unpaired) electrons. The second kappa shape index (κ2) is 10.3. The summed E-state index contributed by atoms with van der Waals surface area (Å²) in [5, 5.41) is 8.25. The van der Waals surface area contributed by atoms with Crippen molar-refractivity contribution in [2.75, 3.05) is 43.0 Å². The number of piperidine rings is 1. The molecule has 0 atom stereocenters. The normalized spacial score (nSPS) is 13.8. The smallest absolute Gasteiger partial charge is 0.255 e. The van der Waals surface area contributed by atoms with Gasteiger partial charge in [-0.15, -0.1) is 0 Å². The predicted molar refractivity (Wildman–Crippen MR) is 129 cm³/mol. The number of carbonyl (C=O) groups is 1. The maximum atomic E-state index is 13.0. The molecule has 1 saturated heterocycles. The highest BCUT2D eigenvalue weighted by molar-refractivity contribution is 6.09.